The van der Waals surface area contributed by atoms with Gasteiger partial charge in [-0.1, -0.05) is 6.92 Å². The molecule has 1 rings (SSSR count). The average Bonchev–Trinajstić information content (AvgIpc) is 2.04. The lowest BCUT2D eigenvalue weighted by molar-refractivity contribution is 0.912. The van der Waals surface area contributed by atoms with Gasteiger partial charge in [0.05, 0.1) is 0 Å². The minimum Gasteiger partial charge on any atom is -0.249 e. The Kier molecular flexibility index (Phi) is 2.00. The van der Waals surface area contributed by atoms with Crippen LogP contribution in [0.3, 0.4) is 0 Å². The van der Waals surface area contributed by atoms with Gasteiger partial charge in [-0.2, -0.15) is 0 Å². The molecule has 0 saturated carbocycles. The molecule has 0 amide bonds. The molecule has 0 spiro atoms. The third kappa shape index (κ3) is 1.32. The molecule has 0 N–H and O–H groups in total. The third-order valence-corrected chi connectivity index (χ3v) is 1.88. The minimum atomic E-state index is 0.433. The van der Waals surface area contributed by atoms with E-state index in [4.69, 9.17) is 0 Å². The molecule has 0 radical (unpaired) electrons. The van der Waals surface area contributed by atoms with Crippen LogP contribution < -0.4 is 0 Å². The van der Waals surface area contributed by atoms with Crippen LogP contribution in [0, 0.1) is 5.92 Å². The summed E-state index contributed by atoms with van der Waals surface area (Å²) in [6.45, 7) is 6.22. The summed E-state index contributed by atoms with van der Waals surface area (Å²) in [6.07, 6.45) is 3.51. The van der Waals surface area contributed by atoms with Gasteiger partial charge in [-0.15, -0.1) is 0 Å². The molecule has 0 fully saturated rings. The van der Waals surface area contributed by atoms with Crippen LogP contribution in [0.15, 0.2) is 21.3 Å². The zero-order valence-corrected chi connectivity index (χ0v) is 6.63. The van der Waals surface area contributed by atoms with Gasteiger partial charge in [0.2, 0.25) is 0 Å². The van der Waals surface area contributed by atoms with Crippen molar-refractivity contribution in [1.82, 2.24) is 0 Å². The Bertz CT molecular complexity index is 211. The number of allylic oxidation sites excluding steroid dienone is 2. The van der Waals surface area contributed by atoms with Gasteiger partial charge in [0.1, 0.15) is 6.34 Å². The molecular formula is C8H12N2. The Morgan fingerprint density at radius 1 is 1.40 bits per heavy atom. The Morgan fingerprint density at radius 3 is 2.80 bits per heavy atom. The van der Waals surface area contributed by atoms with Crippen LogP contribution in [0.4, 0.5) is 0 Å². The average molecular weight is 136 g/mol. The molecule has 10 heavy (non-hydrogen) atoms. The van der Waals surface area contributed by atoms with E-state index in [2.05, 4.69) is 23.8 Å². The third-order valence-electron chi connectivity index (χ3n) is 1.88. The standard InChI is InChI=1S/C8H12N2/c1-6-4-9-5-10-8(3)7(6)2/h4-6H,1-3H3. The molecule has 1 atom stereocenters. The predicted molar refractivity (Wildman–Crippen MR) is 44.5 cm³/mol. The topological polar surface area (TPSA) is 24.7 Å². The fourth-order valence-electron chi connectivity index (χ4n) is 0.831. The summed E-state index contributed by atoms with van der Waals surface area (Å²) in [5.74, 6) is 0.433. The van der Waals surface area contributed by atoms with E-state index in [1.807, 2.05) is 13.1 Å². The fraction of sp³-hybridized carbons (Fsp3) is 0.500. The molecule has 0 aromatic carbocycles. The summed E-state index contributed by atoms with van der Waals surface area (Å²) in [7, 11) is 0. The lowest BCUT2D eigenvalue weighted by Crippen LogP contribution is -1.97. The molecule has 0 aromatic heterocycles. The van der Waals surface area contributed by atoms with Crippen molar-refractivity contribution in [1.29, 1.82) is 0 Å². The second-order valence-electron chi connectivity index (χ2n) is 2.60. The molecule has 0 aliphatic carbocycles. The normalized spacial score (nSPS) is 25.3. The van der Waals surface area contributed by atoms with Gasteiger partial charge in [-0.05, 0) is 19.4 Å². The zero-order valence-electron chi connectivity index (χ0n) is 6.63. The lowest BCUT2D eigenvalue weighted by atomic mass is 10.0. The number of hydrogen-bond acceptors (Lipinski definition) is 2. The highest BCUT2D eigenvalue weighted by Gasteiger charge is 2.04. The van der Waals surface area contributed by atoms with E-state index in [-0.39, 0.29) is 0 Å². The number of aliphatic imine (C=N–C) groups is 2. The zero-order chi connectivity index (χ0) is 7.56. The van der Waals surface area contributed by atoms with E-state index in [0.717, 1.165) is 5.70 Å². The largest absolute Gasteiger partial charge is 0.249 e. The summed E-state index contributed by atoms with van der Waals surface area (Å²) in [4.78, 5) is 8.11. The maximum atomic E-state index is 4.11. The van der Waals surface area contributed by atoms with Crippen molar-refractivity contribution in [2.24, 2.45) is 15.9 Å². The SMILES string of the molecule is CC1=C(C)C(C)C=NC=N1. The maximum Gasteiger partial charge on any atom is 0.115 e. The van der Waals surface area contributed by atoms with Crippen LogP contribution >= 0.6 is 0 Å². The van der Waals surface area contributed by atoms with Crippen LogP contribution in [-0.2, 0) is 0 Å². The monoisotopic (exact) mass is 136 g/mol. The van der Waals surface area contributed by atoms with E-state index >= 15 is 0 Å². The maximum absolute atomic E-state index is 4.11. The minimum absolute atomic E-state index is 0.433. The van der Waals surface area contributed by atoms with Crippen molar-refractivity contribution >= 4 is 12.6 Å². The number of rotatable bonds is 0. The van der Waals surface area contributed by atoms with Crippen molar-refractivity contribution in [3.63, 3.8) is 0 Å². The number of nitrogens with zero attached hydrogens (tertiary/aromatic N) is 2. The summed E-state index contributed by atoms with van der Waals surface area (Å²) < 4.78 is 0. The first-order valence-corrected chi connectivity index (χ1v) is 3.45. The molecule has 54 valence electrons. The van der Waals surface area contributed by atoms with Crippen molar-refractivity contribution in [3.8, 4) is 0 Å². The summed E-state index contributed by atoms with van der Waals surface area (Å²) >= 11 is 0. The second-order valence-corrected chi connectivity index (χ2v) is 2.60. The van der Waals surface area contributed by atoms with Crippen molar-refractivity contribution in [2.45, 2.75) is 20.8 Å². The molecule has 1 aliphatic heterocycles. The van der Waals surface area contributed by atoms with E-state index in [1.54, 1.807) is 6.34 Å². The van der Waals surface area contributed by atoms with Crippen molar-refractivity contribution in [3.05, 3.63) is 11.3 Å². The van der Waals surface area contributed by atoms with Crippen LogP contribution in [-0.4, -0.2) is 12.6 Å². The highest BCUT2D eigenvalue weighted by Crippen LogP contribution is 2.14. The van der Waals surface area contributed by atoms with Crippen LogP contribution in [0.5, 0.6) is 0 Å². The molecule has 0 bridgehead atoms. The first-order chi connectivity index (χ1) is 4.72. The van der Waals surface area contributed by atoms with Gasteiger partial charge >= 0.3 is 0 Å². The van der Waals surface area contributed by atoms with Crippen LogP contribution in [0.2, 0.25) is 0 Å². The van der Waals surface area contributed by atoms with Gasteiger partial charge in [0.25, 0.3) is 0 Å². The lowest BCUT2D eigenvalue weighted by Gasteiger charge is -2.04. The summed E-state index contributed by atoms with van der Waals surface area (Å²) in [6, 6.07) is 0. The highest BCUT2D eigenvalue weighted by atomic mass is 14.9. The van der Waals surface area contributed by atoms with Gasteiger partial charge in [-0.3, -0.25) is 0 Å². The quantitative estimate of drug-likeness (QED) is 0.487. The first-order valence-electron chi connectivity index (χ1n) is 3.45. The fourth-order valence-corrected chi connectivity index (χ4v) is 0.831. The van der Waals surface area contributed by atoms with Gasteiger partial charge in [0.15, 0.2) is 0 Å². The molecule has 0 aromatic rings. The van der Waals surface area contributed by atoms with Crippen molar-refractivity contribution in [2.75, 3.05) is 0 Å². The van der Waals surface area contributed by atoms with Gasteiger partial charge in [0, 0.05) is 17.8 Å². The van der Waals surface area contributed by atoms with E-state index in [9.17, 15) is 0 Å². The van der Waals surface area contributed by atoms with E-state index in [1.165, 1.54) is 5.57 Å². The first kappa shape index (κ1) is 7.19. The highest BCUT2D eigenvalue weighted by molar-refractivity contribution is 5.77. The Labute approximate surface area is 61.4 Å². The summed E-state index contributed by atoms with van der Waals surface area (Å²) in [5, 5.41) is 0. The van der Waals surface area contributed by atoms with Crippen molar-refractivity contribution < 1.29 is 0 Å². The predicted octanol–water partition coefficient (Wildman–Crippen LogP) is 2.03. The van der Waals surface area contributed by atoms with Gasteiger partial charge < -0.3 is 0 Å². The summed E-state index contributed by atoms with van der Waals surface area (Å²) in [5.41, 5.74) is 2.39. The van der Waals surface area contributed by atoms with E-state index < -0.39 is 0 Å². The van der Waals surface area contributed by atoms with Gasteiger partial charge in [-0.25, -0.2) is 9.98 Å². The molecule has 1 unspecified atom stereocenters. The molecule has 2 nitrogen and oxygen atoms in total. The molecule has 1 heterocycles. The molecular weight excluding hydrogens is 124 g/mol. The number of hydrogen-bond donors (Lipinski definition) is 0. The Morgan fingerprint density at radius 2 is 2.10 bits per heavy atom. The van der Waals surface area contributed by atoms with Crippen LogP contribution in [0.25, 0.3) is 0 Å². The van der Waals surface area contributed by atoms with Crippen LogP contribution in [0.1, 0.15) is 20.8 Å². The smallest absolute Gasteiger partial charge is 0.115 e. The molecule has 1 aliphatic rings. The van der Waals surface area contributed by atoms with E-state index in [0.29, 0.717) is 5.92 Å². The second kappa shape index (κ2) is 2.78. The molecule has 2 heteroatoms. The molecule has 0 saturated heterocycles. The Balaban J connectivity index is 2.96. The Hall–Kier alpha value is -0.920.